The summed E-state index contributed by atoms with van der Waals surface area (Å²) in [7, 11) is 0. The van der Waals surface area contributed by atoms with Gasteiger partial charge in [0.05, 0.1) is 24.3 Å². The van der Waals surface area contributed by atoms with E-state index in [2.05, 4.69) is 54.3 Å². The molecule has 0 radical (unpaired) electrons. The van der Waals surface area contributed by atoms with Gasteiger partial charge in [-0.15, -0.1) is 0 Å². The molecule has 6 heteroatoms. The van der Waals surface area contributed by atoms with Crippen molar-refractivity contribution in [3.63, 3.8) is 0 Å². The van der Waals surface area contributed by atoms with Crippen LogP contribution in [0.2, 0.25) is 0 Å². The van der Waals surface area contributed by atoms with Crippen LogP contribution in [-0.2, 0) is 9.53 Å². The van der Waals surface area contributed by atoms with Crippen LogP contribution in [0.3, 0.4) is 0 Å². The molecule has 2 atom stereocenters. The Morgan fingerprint density at radius 1 is 0.833 bits per heavy atom. The molecule has 214 valence electrons. The smallest absolute Gasteiger partial charge is 0.333 e. The summed E-state index contributed by atoms with van der Waals surface area (Å²) in [6, 6.07) is 32.7. The van der Waals surface area contributed by atoms with Gasteiger partial charge in [0.2, 0.25) is 0 Å². The van der Waals surface area contributed by atoms with E-state index in [1.54, 1.807) is 9.13 Å². The second kappa shape index (κ2) is 12.1. The molecular weight excluding hydrogens is 522 g/mol. The van der Waals surface area contributed by atoms with E-state index in [0.717, 1.165) is 53.8 Å². The predicted molar refractivity (Wildman–Crippen MR) is 169 cm³/mol. The zero-order valence-electron chi connectivity index (χ0n) is 24.2. The monoisotopic (exact) mass is 559 g/mol. The highest BCUT2D eigenvalue weighted by atomic mass is 16.5. The molecule has 42 heavy (non-hydrogen) atoms. The summed E-state index contributed by atoms with van der Waals surface area (Å²) in [6.07, 6.45) is 5.55. The maximum Gasteiger partial charge on any atom is 0.333 e. The van der Waals surface area contributed by atoms with Crippen LogP contribution < -0.4 is 10.6 Å². The fourth-order valence-corrected chi connectivity index (χ4v) is 6.45. The first-order valence-electron chi connectivity index (χ1n) is 14.9. The van der Waals surface area contributed by atoms with Gasteiger partial charge in [0, 0.05) is 31.2 Å². The largest absolute Gasteiger partial charge is 0.466 e. The van der Waals surface area contributed by atoms with Crippen molar-refractivity contribution >= 4 is 22.4 Å². The number of esters is 1. The number of carbonyl (C=O) groups excluding carboxylic acids is 1. The molecule has 1 aliphatic rings. The number of anilines is 1. The third-order valence-electron chi connectivity index (χ3n) is 8.70. The molecular formula is C36H37N3O3. The van der Waals surface area contributed by atoms with Gasteiger partial charge in [-0.3, -0.25) is 13.9 Å². The van der Waals surface area contributed by atoms with Gasteiger partial charge in [-0.1, -0.05) is 72.8 Å². The second-order valence-corrected chi connectivity index (χ2v) is 11.1. The fraction of sp³-hybridized carbons (Fsp3) is 0.278. The second-order valence-electron chi connectivity index (χ2n) is 11.1. The van der Waals surface area contributed by atoms with Crippen molar-refractivity contribution in [2.24, 2.45) is 5.92 Å². The lowest BCUT2D eigenvalue weighted by Gasteiger charge is -2.36. The molecule has 1 fully saturated rings. The molecule has 0 amide bonds. The van der Waals surface area contributed by atoms with Gasteiger partial charge in [-0.25, -0.2) is 4.79 Å². The summed E-state index contributed by atoms with van der Waals surface area (Å²) in [5, 5.41) is 2.34. The van der Waals surface area contributed by atoms with Gasteiger partial charge in [0.15, 0.2) is 0 Å². The summed E-state index contributed by atoms with van der Waals surface area (Å²) in [5.41, 5.74) is 4.07. The van der Waals surface area contributed by atoms with E-state index >= 15 is 0 Å². The maximum atomic E-state index is 13.5. The van der Waals surface area contributed by atoms with Crippen molar-refractivity contribution in [3.05, 3.63) is 131 Å². The molecule has 6 rings (SSSR count). The molecule has 0 N–H and O–H groups in total. The van der Waals surface area contributed by atoms with Crippen LogP contribution in [0.5, 0.6) is 0 Å². The van der Waals surface area contributed by atoms with Crippen LogP contribution in [0, 0.1) is 5.92 Å². The maximum absolute atomic E-state index is 13.5. The molecule has 1 aromatic heterocycles. The van der Waals surface area contributed by atoms with E-state index in [1.807, 2.05) is 73.9 Å². The third kappa shape index (κ3) is 5.37. The number of ether oxygens (including phenoxy) is 1. The number of benzene rings is 4. The van der Waals surface area contributed by atoms with Crippen LogP contribution in [0.4, 0.5) is 5.69 Å². The van der Waals surface area contributed by atoms with Crippen LogP contribution >= 0.6 is 0 Å². The Labute approximate surface area is 246 Å². The number of carbonyl (C=O) groups is 1. The number of aromatic nitrogens is 2. The van der Waals surface area contributed by atoms with Gasteiger partial charge in [0.25, 0.3) is 0 Å². The van der Waals surface area contributed by atoms with Gasteiger partial charge in [0.1, 0.15) is 0 Å². The SMILES string of the molecule is CCOC(=O)C(c1ccccc1)C1CCN(c2ccc(-n3ccn([C@@H](C)c4cccc5ccccc45)c3=O)cc2)CC1. The molecule has 6 nitrogen and oxygen atoms in total. The van der Waals surface area contributed by atoms with Crippen molar-refractivity contribution in [3.8, 4) is 5.69 Å². The van der Waals surface area contributed by atoms with E-state index < -0.39 is 0 Å². The molecule has 0 saturated carbocycles. The minimum Gasteiger partial charge on any atom is -0.466 e. The number of hydrogen-bond acceptors (Lipinski definition) is 4. The molecule has 2 heterocycles. The highest BCUT2D eigenvalue weighted by Crippen LogP contribution is 2.35. The fourth-order valence-electron chi connectivity index (χ4n) is 6.45. The first-order valence-corrected chi connectivity index (χ1v) is 14.9. The lowest BCUT2D eigenvalue weighted by atomic mass is 9.80. The van der Waals surface area contributed by atoms with E-state index in [9.17, 15) is 9.59 Å². The first kappa shape index (κ1) is 27.6. The summed E-state index contributed by atoms with van der Waals surface area (Å²) in [4.78, 5) is 28.8. The number of hydrogen-bond donors (Lipinski definition) is 0. The molecule has 5 aromatic rings. The molecule has 0 spiro atoms. The Bertz CT molecular complexity index is 1710. The van der Waals surface area contributed by atoms with Crippen molar-refractivity contribution in [1.29, 1.82) is 0 Å². The van der Waals surface area contributed by atoms with E-state index in [0.29, 0.717) is 6.61 Å². The lowest BCUT2D eigenvalue weighted by Crippen LogP contribution is -2.37. The summed E-state index contributed by atoms with van der Waals surface area (Å²) >= 11 is 0. The Morgan fingerprint density at radius 3 is 2.24 bits per heavy atom. The molecule has 0 bridgehead atoms. The Kier molecular flexibility index (Phi) is 7.95. The molecule has 4 aromatic carbocycles. The van der Waals surface area contributed by atoms with Crippen molar-refractivity contribution in [2.75, 3.05) is 24.6 Å². The summed E-state index contributed by atoms with van der Waals surface area (Å²) in [5.74, 6) is -0.120. The van der Waals surface area contributed by atoms with Crippen molar-refractivity contribution in [1.82, 2.24) is 9.13 Å². The third-order valence-corrected chi connectivity index (χ3v) is 8.70. The van der Waals surface area contributed by atoms with Gasteiger partial charge < -0.3 is 9.64 Å². The zero-order chi connectivity index (χ0) is 29.1. The predicted octanol–water partition coefficient (Wildman–Crippen LogP) is 6.96. The average molecular weight is 560 g/mol. The zero-order valence-corrected chi connectivity index (χ0v) is 24.2. The Morgan fingerprint density at radius 2 is 1.50 bits per heavy atom. The van der Waals surface area contributed by atoms with E-state index in [-0.39, 0.29) is 29.5 Å². The molecule has 0 aliphatic carbocycles. The van der Waals surface area contributed by atoms with Crippen LogP contribution in [-0.4, -0.2) is 34.8 Å². The number of nitrogens with zero attached hydrogens (tertiary/aromatic N) is 3. The van der Waals surface area contributed by atoms with Gasteiger partial charge in [-0.05, 0) is 78.8 Å². The summed E-state index contributed by atoms with van der Waals surface area (Å²) < 4.78 is 8.97. The minimum absolute atomic E-state index is 0.0603. The molecule has 1 unspecified atom stereocenters. The first-order chi connectivity index (χ1) is 20.5. The number of rotatable bonds is 8. The Balaban J connectivity index is 1.16. The Hall–Kier alpha value is -4.58. The average Bonchev–Trinajstić information content (AvgIpc) is 3.42. The lowest BCUT2D eigenvalue weighted by molar-refractivity contribution is -0.146. The summed E-state index contributed by atoms with van der Waals surface area (Å²) in [6.45, 7) is 6.06. The normalized spacial score (nSPS) is 15.4. The topological polar surface area (TPSA) is 56.5 Å². The number of fused-ring (bicyclic) bond motifs is 1. The van der Waals surface area contributed by atoms with Crippen LogP contribution in [0.1, 0.15) is 49.8 Å². The van der Waals surface area contributed by atoms with Gasteiger partial charge >= 0.3 is 11.7 Å². The molecule has 1 saturated heterocycles. The van der Waals surface area contributed by atoms with Crippen molar-refractivity contribution < 1.29 is 9.53 Å². The van der Waals surface area contributed by atoms with Crippen LogP contribution in [0.15, 0.2) is 114 Å². The highest BCUT2D eigenvalue weighted by Gasteiger charge is 2.33. The standard InChI is InChI=1S/C36H37N3O3/c1-3-42-35(40)34(28-11-5-4-6-12-28)29-20-22-37(23-21-29)30-16-18-31(19-17-30)39-25-24-38(36(39)41)26(2)32-15-9-13-27-10-7-8-14-33(27)32/h4-19,24-26,29,34H,3,20-23H2,1-2H3/t26-,34?/m0/s1. The number of piperidine rings is 1. The minimum atomic E-state index is -0.233. The van der Waals surface area contributed by atoms with Crippen LogP contribution in [0.25, 0.3) is 16.5 Å². The van der Waals surface area contributed by atoms with E-state index in [4.69, 9.17) is 4.74 Å². The van der Waals surface area contributed by atoms with E-state index in [1.165, 1.54) is 5.39 Å². The highest BCUT2D eigenvalue weighted by molar-refractivity contribution is 5.86. The van der Waals surface area contributed by atoms with Gasteiger partial charge in [-0.2, -0.15) is 0 Å². The number of imidazole rings is 1. The molecule has 1 aliphatic heterocycles. The van der Waals surface area contributed by atoms with Crippen molar-refractivity contribution in [2.45, 2.75) is 38.6 Å². The quantitative estimate of drug-likeness (QED) is 0.193.